The number of nitrogens with zero attached hydrogens (tertiary/aromatic N) is 4. The molecule has 0 fully saturated rings. The largest absolute Gasteiger partial charge is 0.444 e. The first-order valence-corrected chi connectivity index (χ1v) is 11.0. The molecule has 5 aromatic rings. The van der Waals surface area contributed by atoms with Crippen LogP contribution in [0.25, 0.3) is 28.3 Å². The molecule has 9 nitrogen and oxygen atoms in total. The van der Waals surface area contributed by atoms with E-state index in [1.165, 1.54) is 23.0 Å². The number of fused-ring (bicyclic) bond motifs is 1. The number of halogens is 2. The fraction of sp³-hybridized carbons (Fsp3) is 0.0417. The molecule has 5 rings (SSSR count). The molecule has 1 N–H and O–H groups in total. The van der Waals surface area contributed by atoms with Crippen molar-refractivity contribution in [1.82, 2.24) is 19.7 Å². The molecule has 0 atom stereocenters. The van der Waals surface area contributed by atoms with Crippen molar-refractivity contribution in [2.75, 3.05) is 5.32 Å². The van der Waals surface area contributed by atoms with Gasteiger partial charge in [-0.25, -0.2) is 24.2 Å². The Morgan fingerprint density at radius 1 is 1.06 bits per heavy atom. The SMILES string of the molecule is O=C(Nc1cc(-c2nc3ccc(Cl)cc3c(=O)o2)n(-c2ncccc2Cl)n1)OCc1ccccc1. The Labute approximate surface area is 207 Å². The number of hydrogen-bond acceptors (Lipinski definition) is 7. The van der Waals surface area contributed by atoms with Gasteiger partial charge in [0.15, 0.2) is 11.6 Å². The van der Waals surface area contributed by atoms with E-state index in [1.807, 2.05) is 30.3 Å². The Balaban J connectivity index is 1.52. The zero-order valence-corrected chi connectivity index (χ0v) is 19.3. The lowest BCUT2D eigenvalue weighted by atomic mass is 10.2. The molecule has 0 aliphatic heterocycles. The number of carbonyl (C=O) groups is 1. The van der Waals surface area contributed by atoms with Crippen molar-refractivity contribution in [3.05, 3.63) is 99.0 Å². The van der Waals surface area contributed by atoms with Crippen LogP contribution in [0.3, 0.4) is 0 Å². The minimum Gasteiger partial charge on any atom is -0.444 e. The molecule has 0 spiro atoms. The van der Waals surface area contributed by atoms with Crippen LogP contribution in [0.2, 0.25) is 10.0 Å². The smallest absolute Gasteiger partial charge is 0.413 e. The maximum absolute atomic E-state index is 12.6. The molecular formula is C24H15Cl2N5O4. The molecule has 3 heterocycles. The third-order valence-corrected chi connectivity index (χ3v) is 5.43. The topological polar surface area (TPSA) is 112 Å². The molecule has 11 heteroatoms. The Kier molecular flexibility index (Phi) is 6.17. The number of ether oxygens (including phenoxy) is 1. The lowest BCUT2D eigenvalue weighted by molar-refractivity contribution is 0.155. The van der Waals surface area contributed by atoms with Gasteiger partial charge in [0.2, 0.25) is 5.89 Å². The highest BCUT2D eigenvalue weighted by Gasteiger charge is 2.20. The van der Waals surface area contributed by atoms with Gasteiger partial charge in [0, 0.05) is 17.3 Å². The summed E-state index contributed by atoms with van der Waals surface area (Å²) in [6, 6.07) is 18.7. The van der Waals surface area contributed by atoms with Crippen LogP contribution in [0.15, 0.2) is 82.1 Å². The molecule has 174 valence electrons. The molecular weight excluding hydrogens is 493 g/mol. The summed E-state index contributed by atoms with van der Waals surface area (Å²) in [6.07, 6.45) is 0.805. The number of benzene rings is 2. The molecule has 0 unspecified atom stereocenters. The maximum Gasteiger partial charge on any atom is 0.413 e. The summed E-state index contributed by atoms with van der Waals surface area (Å²) in [7, 11) is 0. The summed E-state index contributed by atoms with van der Waals surface area (Å²) in [4.78, 5) is 33.7. The van der Waals surface area contributed by atoms with Gasteiger partial charge in [-0.2, -0.15) is 0 Å². The van der Waals surface area contributed by atoms with Gasteiger partial charge in [0.25, 0.3) is 0 Å². The van der Waals surface area contributed by atoms with E-state index in [2.05, 4.69) is 20.4 Å². The van der Waals surface area contributed by atoms with Crippen LogP contribution in [-0.4, -0.2) is 25.8 Å². The Hall–Kier alpha value is -4.21. The van der Waals surface area contributed by atoms with Gasteiger partial charge < -0.3 is 9.15 Å². The second-order valence-corrected chi connectivity index (χ2v) is 8.13. The predicted octanol–water partition coefficient (Wildman–Crippen LogP) is 5.49. The van der Waals surface area contributed by atoms with E-state index in [0.29, 0.717) is 10.5 Å². The van der Waals surface area contributed by atoms with E-state index in [4.69, 9.17) is 32.4 Å². The first kappa shape index (κ1) is 22.6. The molecule has 0 saturated carbocycles. The number of pyridine rings is 1. The summed E-state index contributed by atoms with van der Waals surface area (Å²) < 4.78 is 12.0. The summed E-state index contributed by atoms with van der Waals surface area (Å²) in [6.45, 7) is 0.0793. The van der Waals surface area contributed by atoms with Crippen molar-refractivity contribution >= 4 is 46.0 Å². The van der Waals surface area contributed by atoms with Crippen LogP contribution in [0.5, 0.6) is 0 Å². The first-order chi connectivity index (χ1) is 17.0. The molecule has 35 heavy (non-hydrogen) atoms. The average Bonchev–Trinajstić information content (AvgIpc) is 3.27. The van der Waals surface area contributed by atoms with Gasteiger partial charge in [-0.3, -0.25) is 5.32 Å². The van der Waals surface area contributed by atoms with Gasteiger partial charge >= 0.3 is 11.7 Å². The fourth-order valence-electron chi connectivity index (χ4n) is 3.31. The van der Waals surface area contributed by atoms with Gasteiger partial charge in [0.05, 0.1) is 15.9 Å². The van der Waals surface area contributed by atoms with E-state index in [1.54, 1.807) is 24.3 Å². The van der Waals surface area contributed by atoms with E-state index in [9.17, 15) is 9.59 Å². The second-order valence-electron chi connectivity index (χ2n) is 7.29. The van der Waals surface area contributed by atoms with Gasteiger partial charge in [-0.05, 0) is 35.9 Å². The maximum atomic E-state index is 12.6. The number of anilines is 1. The minimum atomic E-state index is -0.722. The van der Waals surface area contributed by atoms with Crippen molar-refractivity contribution in [1.29, 1.82) is 0 Å². The summed E-state index contributed by atoms with van der Waals surface area (Å²) >= 11 is 12.3. The highest BCUT2D eigenvalue weighted by atomic mass is 35.5. The van der Waals surface area contributed by atoms with Gasteiger partial charge in [-0.15, -0.1) is 5.10 Å². The Morgan fingerprint density at radius 2 is 1.89 bits per heavy atom. The summed E-state index contributed by atoms with van der Waals surface area (Å²) in [5.41, 5.74) is 0.802. The van der Waals surface area contributed by atoms with Crippen molar-refractivity contribution in [3.8, 4) is 17.4 Å². The predicted molar refractivity (Wildman–Crippen MR) is 131 cm³/mol. The lowest BCUT2D eigenvalue weighted by Crippen LogP contribution is -2.14. The second kappa shape index (κ2) is 9.57. The van der Waals surface area contributed by atoms with Crippen LogP contribution in [0.4, 0.5) is 10.6 Å². The Morgan fingerprint density at radius 3 is 2.69 bits per heavy atom. The standard InChI is InChI=1S/C24H15Cl2N5O4/c25-15-8-9-18-16(11-15)23(32)35-22(28-18)19-12-20(30-31(19)21-17(26)7-4-10-27-21)29-24(33)34-13-14-5-2-1-3-6-14/h1-12H,13H2,(H,29,30,33). The number of aromatic nitrogens is 4. The van der Waals surface area contributed by atoms with E-state index in [0.717, 1.165) is 5.56 Å². The summed E-state index contributed by atoms with van der Waals surface area (Å²) in [5, 5.41) is 7.82. The lowest BCUT2D eigenvalue weighted by Gasteiger charge is -2.07. The van der Waals surface area contributed by atoms with Crippen LogP contribution >= 0.6 is 23.2 Å². The number of nitrogens with one attached hydrogen (secondary N) is 1. The number of carbonyl (C=O) groups excluding carboxylic acids is 1. The zero-order valence-electron chi connectivity index (χ0n) is 17.8. The van der Waals surface area contributed by atoms with Crippen molar-refractivity contribution < 1.29 is 13.9 Å². The van der Waals surface area contributed by atoms with Crippen LogP contribution in [-0.2, 0) is 11.3 Å². The van der Waals surface area contributed by atoms with Crippen LogP contribution in [0.1, 0.15) is 5.56 Å². The molecule has 0 aliphatic carbocycles. The van der Waals surface area contributed by atoms with Crippen LogP contribution in [0, 0.1) is 0 Å². The molecule has 0 radical (unpaired) electrons. The highest BCUT2D eigenvalue weighted by molar-refractivity contribution is 6.32. The van der Waals surface area contributed by atoms with E-state index < -0.39 is 11.7 Å². The normalized spacial score (nSPS) is 10.9. The Bertz CT molecular complexity index is 1600. The van der Waals surface area contributed by atoms with Crippen molar-refractivity contribution in [3.63, 3.8) is 0 Å². The van der Waals surface area contributed by atoms with Crippen molar-refractivity contribution in [2.45, 2.75) is 6.61 Å². The molecule has 0 bridgehead atoms. The molecule has 1 amide bonds. The number of amides is 1. The molecule has 2 aromatic carbocycles. The minimum absolute atomic E-state index is 0.0512. The highest BCUT2D eigenvalue weighted by Crippen LogP contribution is 2.28. The fourth-order valence-corrected chi connectivity index (χ4v) is 3.68. The zero-order chi connectivity index (χ0) is 24.4. The van der Waals surface area contributed by atoms with Gasteiger partial charge in [0.1, 0.15) is 12.3 Å². The molecule has 0 aliphatic rings. The molecule has 3 aromatic heterocycles. The van der Waals surface area contributed by atoms with Gasteiger partial charge in [-0.1, -0.05) is 53.5 Å². The van der Waals surface area contributed by atoms with E-state index >= 15 is 0 Å². The third-order valence-electron chi connectivity index (χ3n) is 4.90. The monoisotopic (exact) mass is 507 g/mol. The number of rotatable bonds is 5. The first-order valence-electron chi connectivity index (χ1n) is 10.3. The van der Waals surface area contributed by atoms with Crippen LogP contribution < -0.4 is 10.9 Å². The number of hydrogen-bond donors (Lipinski definition) is 1. The third kappa shape index (κ3) is 4.86. The summed E-state index contributed by atoms with van der Waals surface area (Å²) in [5.74, 6) is 0.306. The average molecular weight is 508 g/mol. The quantitative estimate of drug-likeness (QED) is 0.334. The van der Waals surface area contributed by atoms with E-state index in [-0.39, 0.29) is 40.2 Å². The van der Waals surface area contributed by atoms with Crippen molar-refractivity contribution in [2.24, 2.45) is 0 Å². The molecule has 0 saturated heterocycles.